The summed E-state index contributed by atoms with van der Waals surface area (Å²) in [4.78, 5) is 28.2. The largest absolute Gasteiger partial charge is 0.464 e. The van der Waals surface area contributed by atoms with Crippen molar-refractivity contribution in [2.75, 3.05) is 25.5 Å². The van der Waals surface area contributed by atoms with E-state index < -0.39 is 11.7 Å². The van der Waals surface area contributed by atoms with Gasteiger partial charge in [-0.2, -0.15) is 0 Å². The van der Waals surface area contributed by atoms with Crippen LogP contribution in [0.2, 0.25) is 0 Å². The predicted molar refractivity (Wildman–Crippen MR) is 128 cm³/mol. The van der Waals surface area contributed by atoms with Crippen LogP contribution in [0.15, 0.2) is 48.5 Å². The van der Waals surface area contributed by atoms with Crippen molar-refractivity contribution in [2.24, 2.45) is 5.41 Å². The molecule has 0 unspecified atom stereocenters. The minimum atomic E-state index is -0.568. The van der Waals surface area contributed by atoms with E-state index >= 15 is 0 Å². The van der Waals surface area contributed by atoms with E-state index in [-0.39, 0.29) is 23.0 Å². The highest BCUT2D eigenvalue weighted by atomic mass is 19.1. The van der Waals surface area contributed by atoms with Gasteiger partial charge in [-0.05, 0) is 61.7 Å². The van der Waals surface area contributed by atoms with Crippen LogP contribution in [-0.4, -0.2) is 41.5 Å². The van der Waals surface area contributed by atoms with E-state index in [1.807, 2.05) is 22.8 Å². The van der Waals surface area contributed by atoms with Crippen LogP contribution in [0.25, 0.3) is 16.6 Å². The van der Waals surface area contributed by atoms with Crippen molar-refractivity contribution in [1.82, 2.24) is 9.47 Å². The lowest BCUT2D eigenvalue weighted by molar-refractivity contribution is -0.134. The smallest absolute Gasteiger partial charge is 0.354 e. The summed E-state index contributed by atoms with van der Waals surface area (Å²) in [7, 11) is 1.41. The van der Waals surface area contributed by atoms with Crippen molar-refractivity contribution in [2.45, 2.75) is 32.2 Å². The number of methoxy groups -OCH3 is 1. The molecule has 1 saturated heterocycles. The fourth-order valence-corrected chi connectivity index (χ4v) is 6.22. The Morgan fingerprint density at radius 1 is 1.18 bits per heavy atom. The summed E-state index contributed by atoms with van der Waals surface area (Å²) in [5, 5.41) is 3.89. The lowest BCUT2D eigenvalue weighted by Gasteiger charge is -2.52. The van der Waals surface area contributed by atoms with Crippen LogP contribution in [0.5, 0.6) is 0 Å². The number of nitrogens with one attached hydrogen (secondary N) is 1. The van der Waals surface area contributed by atoms with Gasteiger partial charge in [0.1, 0.15) is 11.5 Å². The number of nitrogens with zero attached hydrogens (tertiary/aromatic N) is 2. The molecule has 7 heteroatoms. The lowest BCUT2D eigenvalue weighted by atomic mass is 9.69. The molecule has 3 aromatic rings. The van der Waals surface area contributed by atoms with Crippen LogP contribution >= 0.6 is 0 Å². The maximum atomic E-state index is 14.1. The van der Waals surface area contributed by atoms with E-state index in [1.54, 1.807) is 12.1 Å². The third kappa shape index (κ3) is 2.96. The van der Waals surface area contributed by atoms with Crippen LogP contribution < -0.4 is 5.32 Å². The maximum absolute atomic E-state index is 14.1. The minimum Gasteiger partial charge on any atom is -0.464 e. The summed E-state index contributed by atoms with van der Waals surface area (Å²) in [6.07, 6.45) is 5.10. The van der Waals surface area contributed by atoms with Crippen LogP contribution in [0, 0.1) is 11.2 Å². The molecule has 0 saturated carbocycles. The second-order valence-electron chi connectivity index (χ2n) is 9.68. The molecule has 1 aromatic heterocycles. The Morgan fingerprint density at radius 3 is 2.79 bits per heavy atom. The Morgan fingerprint density at radius 2 is 2.00 bits per heavy atom. The number of piperidine rings is 1. The number of rotatable bonds is 3. The van der Waals surface area contributed by atoms with E-state index in [1.165, 1.54) is 24.8 Å². The summed E-state index contributed by atoms with van der Waals surface area (Å²) in [5.74, 6) is -1.45. The van der Waals surface area contributed by atoms with E-state index in [9.17, 15) is 14.0 Å². The maximum Gasteiger partial charge on any atom is 0.354 e. The van der Waals surface area contributed by atoms with Crippen molar-refractivity contribution in [3.05, 3.63) is 71.2 Å². The number of hydrogen-bond acceptors (Lipinski definition) is 4. The first kappa shape index (κ1) is 21.1. The van der Waals surface area contributed by atoms with Gasteiger partial charge in [-0.1, -0.05) is 25.1 Å². The number of hydrogen-bond donors (Lipinski definition) is 1. The number of ether oxygens (including phenoxy) is 1. The zero-order valence-electron chi connectivity index (χ0n) is 19.2. The highest BCUT2D eigenvalue weighted by molar-refractivity contribution is 6.14. The normalized spacial score (nSPS) is 23.3. The SMILES string of the molecule is COC(=O)C1=C[C@]2(C)CCCN3CCc4c(n1c1cc(NC(=O)c5ccccc5F)ccc41)[C@H]32. The molecule has 3 aliphatic heterocycles. The molecule has 1 N–H and O–H groups in total. The summed E-state index contributed by atoms with van der Waals surface area (Å²) in [5.41, 5.74) is 4.17. The fraction of sp³-hybridized carbons (Fsp3) is 0.333. The summed E-state index contributed by atoms with van der Waals surface area (Å²) >= 11 is 0. The molecule has 1 amide bonds. The number of anilines is 1. The molecule has 0 bridgehead atoms. The van der Waals surface area contributed by atoms with Gasteiger partial charge in [-0.15, -0.1) is 0 Å². The van der Waals surface area contributed by atoms with Crippen molar-refractivity contribution < 1.29 is 18.7 Å². The van der Waals surface area contributed by atoms with Gasteiger partial charge in [0, 0.05) is 28.7 Å². The van der Waals surface area contributed by atoms with Crippen LogP contribution in [0.1, 0.15) is 47.4 Å². The van der Waals surface area contributed by atoms with E-state index in [4.69, 9.17) is 4.74 Å². The molecule has 34 heavy (non-hydrogen) atoms. The number of amides is 1. The van der Waals surface area contributed by atoms with Crippen molar-refractivity contribution in [1.29, 1.82) is 0 Å². The zero-order chi connectivity index (χ0) is 23.6. The quantitative estimate of drug-likeness (QED) is 0.574. The van der Waals surface area contributed by atoms with Gasteiger partial charge in [0.05, 0.1) is 24.2 Å². The summed E-state index contributed by atoms with van der Waals surface area (Å²) in [6, 6.07) is 11.8. The van der Waals surface area contributed by atoms with Crippen LogP contribution in [0.3, 0.4) is 0 Å². The number of aromatic nitrogens is 1. The molecule has 0 spiro atoms. The molecule has 1 fully saturated rings. The monoisotopic (exact) mass is 459 g/mol. The van der Waals surface area contributed by atoms with Gasteiger partial charge < -0.3 is 14.6 Å². The van der Waals surface area contributed by atoms with Gasteiger partial charge in [0.15, 0.2) is 0 Å². The van der Waals surface area contributed by atoms with Gasteiger partial charge in [0.2, 0.25) is 0 Å². The Balaban J connectivity index is 1.52. The number of carbonyl (C=O) groups excluding carboxylic acids is 2. The molecule has 174 valence electrons. The number of carbonyl (C=O) groups is 2. The highest BCUT2D eigenvalue weighted by Crippen LogP contribution is 2.55. The van der Waals surface area contributed by atoms with Crippen molar-refractivity contribution in [3.63, 3.8) is 0 Å². The molecule has 0 radical (unpaired) electrons. The van der Waals surface area contributed by atoms with Crippen molar-refractivity contribution >= 4 is 34.2 Å². The molecule has 2 atom stereocenters. The second-order valence-corrected chi connectivity index (χ2v) is 9.68. The van der Waals surface area contributed by atoms with E-state index in [0.717, 1.165) is 48.9 Å². The predicted octanol–water partition coefficient (Wildman–Crippen LogP) is 4.76. The third-order valence-electron chi connectivity index (χ3n) is 7.65. The second kappa shape index (κ2) is 7.53. The number of esters is 1. The highest BCUT2D eigenvalue weighted by Gasteiger charge is 2.49. The van der Waals surface area contributed by atoms with Gasteiger partial charge >= 0.3 is 5.97 Å². The molecule has 3 aliphatic rings. The molecule has 6 nitrogen and oxygen atoms in total. The molecular weight excluding hydrogens is 433 g/mol. The number of fused-ring (bicyclic) bond motifs is 3. The first-order valence-corrected chi connectivity index (χ1v) is 11.7. The zero-order valence-corrected chi connectivity index (χ0v) is 19.2. The standard InChI is InChI=1S/C27H26FN3O3/c1-27-11-5-12-30-13-10-18-17-9-8-16(29-25(32)19-6-3-4-7-20(19)28)14-21(17)31(23(18)24(27)30)22(15-27)26(33)34-2/h3-4,6-9,14-15,24H,5,10-13H2,1-2H3,(H,29,32)/t24-,27-/m0/s1. The lowest BCUT2D eigenvalue weighted by Crippen LogP contribution is -2.50. The average molecular weight is 460 g/mol. The average Bonchev–Trinajstić information content (AvgIpc) is 3.16. The topological polar surface area (TPSA) is 63.6 Å². The molecular formula is C27H26FN3O3. The Labute approximate surface area is 197 Å². The molecule has 4 heterocycles. The first-order chi connectivity index (χ1) is 16.4. The minimum absolute atomic E-state index is 0.0119. The third-order valence-corrected chi connectivity index (χ3v) is 7.65. The first-order valence-electron chi connectivity index (χ1n) is 11.7. The summed E-state index contributed by atoms with van der Waals surface area (Å²) < 4.78 is 21.3. The van der Waals surface area contributed by atoms with Gasteiger partial charge in [-0.25, -0.2) is 9.18 Å². The van der Waals surface area contributed by atoms with Crippen molar-refractivity contribution in [3.8, 4) is 0 Å². The summed E-state index contributed by atoms with van der Waals surface area (Å²) in [6.45, 7) is 4.27. The fourth-order valence-electron chi connectivity index (χ4n) is 6.22. The number of benzene rings is 2. The van der Waals surface area contributed by atoms with E-state index in [0.29, 0.717) is 11.4 Å². The molecule has 6 rings (SSSR count). The molecule has 0 aliphatic carbocycles. The number of halogens is 1. The van der Waals surface area contributed by atoms with Gasteiger partial charge in [0.25, 0.3) is 5.91 Å². The van der Waals surface area contributed by atoms with E-state index in [2.05, 4.69) is 23.2 Å². The Hall–Kier alpha value is -3.45. The van der Waals surface area contributed by atoms with Crippen LogP contribution in [-0.2, 0) is 16.0 Å². The van der Waals surface area contributed by atoms with Gasteiger partial charge in [-0.3, -0.25) is 9.69 Å². The Bertz CT molecular complexity index is 1390. The van der Waals surface area contributed by atoms with Crippen LogP contribution in [0.4, 0.5) is 10.1 Å². The molecule has 2 aromatic carbocycles. The Kier molecular flexibility index (Phi) is 4.68.